The second-order valence-corrected chi connectivity index (χ2v) is 3.22. The molecule has 0 bridgehead atoms. The maximum atomic E-state index is 11.5. The molecule has 0 aliphatic carbocycles. The highest BCUT2D eigenvalue weighted by atomic mass is 16.4. The smallest absolute Gasteiger partial charge is 0.311 e. The number of benzene rings is 1. The Labute approximate surface area is 92.1 Å². The number of rotatable bonds is 4. The third-order valence-corrected chi connectivity index (χ3v) is 1.85. The summed E-state index contributed by atoms with van der Waals surface area (Å²) in [6.45, 7) is 1.32. The fourth-order valence-electron chi connectivity index (χ4n) is 1.26. The molecule has 1 rings (SSSR count). The van der Waals surface area contributed by atoms with Crippen molar-refractivity contribution < 1.29 is 19.5 Å². The standard InChI is InChI=1S/C11H11NO4/c1-7(13)12-9-5-3-2-4-8(9)10(14)6-11(15)16/h2-5H,6H2,1H3,(H,12,13)(H,15,16). The van der Waals surface area contributed by atoms with E-state index in [0.29, 0.717) is 5.69 Å². The summed E-state index contributed by atoms with van der Waals surface area (Å²) in [6, 6.07) is 6.30. The number of para-hydroxylation sites is 1. The van der Waals surface area contributed by atoms with Gasteiger partial charge in [-0.05, 0) is 12.1 Å². The number of carboxylic acids is 1. The van der Waals surface area contributed by atoms with Crippen LogP contribution in [-0.4, -0.2) is 22.8 Å². The quantitative estimate of drug-likeness (QED) is 0.593. The van der Waals surface area contributed by atoms with E-state index < -0.39 is 18.2 Å². The molecule has 0 aliphatic heterocycles. The van der Waals surface area contributed by atoms with Crippen LogP contribution in [0.15, 0.2) is 24.3 Å². The zero-order valence-electron chi connectivity index (χ0n) is 8.69. The summed E-state index contributed by atoms with van der Waals surface area (Å²) < 4.78 is 0. The number of amides is 1. The predicted octanol–water partition coefficient (Wildman–Crippen LogP) is 1.30. The Kier molecular flexibility index (Phi) is 3.77. The summed E-state index contributed by atoms with van der Waals surface area (Å²) >= 11 is 0. The van der Waals surface area contributed by atoms with Crippen LogP contribution in [0.25, 0.3) is 0 Å². The third kappa shape index (κ3) is 3.20. The number of anilines is 1. The summed E-state index contributed by atoms with van der Waals surface area (Å²) in [5.41, 5.74) is 0.543. The van der Waals surface area contributed by atoms with Crippen LogP contribution in [-0.2, 0) is 9.59 Å². The molecular formula is C11H11NO4. The lowest BCUT2D eigenvalue weighted by Gasteiger charge is -2.07. The van der Waals surface area contributed by atoms with Gasteiger partial charge in [0.05, 0.1) is 5.69 Å². The van der Waals surface area contributed by atoms with Gasteiger partial charge in [-0.25, -0.2) is 0 Å². The summed E-state index contributed by atoms with van der Waals surface area (Å²) in [6.07, 6.45) is -0.587. The highest BCUT2D eigenvalue weighted by molar-refractivity contribution is 6.10. The first-order valence-corrected chi connectivity index (χ1v) is 4.62. The molecule has 0 aromatic heterocycles. The van der Waals surface area contributed by atoms with Crippen molar-refractivity contribution in [2.75, 3.05) is 5.32 Å². The van der Waals surface area contributed by atoms with Gasteiger partial charge in [0.25, 0.3) is 0 Å². The minimum atomic E-state index is -1.19. The minimum absolute atomic E-state index is 0.208. The highest BCUT2D eigenvalue weighted by Gasteiger charge is 2.14. The molecule has 0 atom stereocenters. The Morgan fingerprint density at radius 1 is 1.25 bits per heavy atom. The van der Waals surface area contributed by atoms with Gasteiger partial charge in [-0.2, -0.15) is 0 Å². The first-order chi connectivity index (χ1) is 7.50. The molecule has 0 aliphatic rings. The molecule has 0 spiro atoms. The van der Waals surface area contributed by atoms with Crippen molar-refractivity contribution in [2.24, 2.45) is 0 Å². The molecule has 0 unspecified atom stereocenters. The van der Waals surface area contributed by atoms with Gasteiger partial charge in [-0.1, -0.05) is 12.1 Å². The van der Waals surface area contributed by atoms with E-state index in [0.717, 1.165) is 0 Å². The number of ketones is 1. The zero-order chi connectivity index (χ0) is 12.1. The van der Waals surface area contributed by atoms with Crippen molar-refractivity contribution in [3.05, 3.63) is 29.8 Å². The van der Waals surface area contributed by atoms with E-state index in [4.69, 9.17) is 5.11 Å². The van der Waals surface area contributed by atoms with Gasteiger partial charge in [-0.3, -0.25) is 14.4 Å². The lowest BCUT2D eigenvalue weighted by molar-refractivity contribution is -0.135. The van der Waals surface area contributed by atoms with E-state index in [2.05, 4.69) is 5.32 Å². The number of Topliss-reactive ketones (excluding diaryl/α,β-unsaturated/α-hetero) is 1. The molecule has 1 aromatic rings. The van der Waals surface area contributed by atoms with Crippen LogP contribution in [0.1, 0.15) is 23.7 Å². The van der Waals surface area contributed by atoms with Gasteiger partial charge in [0.15, 0.2) is 5.78 Å². The van der Waals surface area contributed by atoms with Gasteiger partial charge in [0.2, 0.25) is 5.91 Å². The molecule has 1 amide bonds. The molecule has 5 nitrogen and oxygen atoms in total. The maximum absolute atomic E-state index is 11.5. The molecule has 16 heavy (non-hydrogen) atoms. The molecule has 0 heterocycles. The van der Waals surface area contributed by atoms with Crippen LogP contribution < -0.4 is 5.32 Å². The van der Waals surface area contributed by atoms with E-state index >= 15 is 0 Å². The van der Waals surface area contributed by atoms with E-state index in [-0.39, 0.29) is 11.5 Å². The predicted molar refractivity (Wildman–Crippen MR) is 57.3 cm³/mol. The van der Waals surface area contributed by atoms with Crippen molar-refractivity contribution in [3.8, 4) is 0 Å². The monoisotopic (exact) mass is 221 g/mol. The minimum Gasteiger partial charge on any atom is -0.481 e. The molecule has 84 valence electrons. The normalized spacial score (nSPS) is 9.56. The Balaban J connectivity index is 2.98. The van der Waals surface area contributed by atoms with Gasteiger partial charge in [0, 0.05) is 12.5 Å². The van der Waals surface area contributed by atoms with Crippen molar-refractivity contribution in [1.82, 2.24) is 0 Å². The average Bonchev–Trinajstić information content (AvgIpc) is 2.16. The molecule has 1 aromatic carbocycles. The number of hydrogen-bond donors (Lipinski definition) is 2. The molecular weight excluding hydrogens is 210 g/mol. The van der Waals surface area contributed by atoms with Crippen molar-refractivity contribution in [2.45, 2.75) is 13.3 Å². The Bertz CT molecular complexity index is 439. The average molecular weight is 221 g/mol. The zero-order valence-corrected chi connectivity index (χ0v) is 8.69. The van der Waals surface area contributed by atoms with Crippen molar-refractivity contribution in [1.29, 1.82) is 0 Å². The molecule has 0 radical (unpaired) electrons. The summed E-state index contributed by atoms with van der Waals surface area (Å²) in [7, 11) is 0. The van der Waals surface area contributed by atoms with Gasteiger partial charge >= 0.3 is 5.97 Å². The van der Waals surface area contributed by atoms with Crippen LogP contribution in [0.4, 0.5) is 5.69 Å². The number of hydrogen-bond acceptors (Lipinski definition) is 3. The van der Waals surface area contributed by atoms with E-state index in [1.165, 1.54) is 13.0 Å². The lowest BCUT2D eigenvalue weighted by atomic mass is 10.1. The number of carbonyl (C=O) groups excluding carboxylic acids is 2. The van der Waals surface area contributed by atoms with Crippen molar-refractivity contribution >= 4 is 23.3 Å². The lowest BCUT2D eigenvalue weighted by Crippen LogP contribution is -2.13. The largest absolute Gasteiger partial charge is 0.481 e. The molecule has 0 saturated heterocycles. The fourth-order valence-corrected chi connectivity index (χ4v) is 1.26. The van der Waals surface area contributed by atoms with Crippen LogP contribution >= 0.6 is 0 Å². The number of carboxylic acid groups (broad SMARTS) is 1. The van der Waals surface area contributed by atoms with E-state index in [1.54, 1.807) is 18.2 Å². The molecule has 0 saturated carbocycles. The summed E-state index contributed by atoms with van der Waals surface area (Å²) in [5, 5.41) is 11.0. The molecule has 0 fully saturated rings. The van der Waals surface area contributed by atoms with Crippen LogP contribution in [0.3, 0.4) is 0 Å². The summed E-state index contributed by atoms with van der Waals surface area (Å²) in [5.74, 6) is -2.03. The first kappa shape index (κ1) is 11.9. The number of aliphatic carboxylic acids is 1. The van der Waals surface area contributed by atoms with E-state index in [1.807, 2.05) is 0 Å². The number of carbonyl (C=O) groups is 3. The second kappa shape index (κ2) is 5.06. The third-order valence-electron chi connectivity index (χ3n) is 1.85. The van der Waals surface area contributed by atoms with Gasteiger partial charge in [-0.15, -0.1) is 0 Å². The SMILES string of the molecule is CC(=O)Nc1ccccc1C(=O)CC(=O)O. The maximum Gasteiger partial charge on any atom is 0.311 e. The number of nitrogens with one attached hydrogen (secondary N) is 1. The van der Waals surface area contributed by atoms with Gasteiger partial charge in [0.1, 0.15) is 6.42 Å². The summed E-state index contributed by atoms with van der Waals surface area (Å²) in [4.78, 5) is 32.8. The highest BCUT2D eigenvalue weighted by Crippen LogP contribution is 2.16. The Morgan fingerprint density at radius 2 is 1.88 bits per heavy atom. The van der Waals surface area contributed by atoms with Crippen molar-refractivity contribution in [3.63, 3.8) is 0 Å². The fraction of sp³-hybridized carbons (Fsp3) is 0.182. The second-order valence-electron chi connectivity index (χ2n) is 3.22. The Hall–Kier alpha value is -2.17. The topological polar surface area (TPSA) is 83.5 Å². The van der Waals surface area contributed by atoms with E-state index in [9.17, 15) is 14.4 Å². The molecule has 2 N–H and O–H groups in total. The van der Waals surface area contributed by atoms with Crippen LogP contribution in [0.5, 0.6) is 0 Å². The molecule has 5 heteroatoms. The van der Waals surface area contributed by atoms with Gasteiger partial charge < -0.3 is 10.4 Å². The van der Waals surface area contributed by atoms with Crippen LogP contribution in [0, 0.1) is 0 Å². The first-order valence-electron chi connectivity index (χ1n) is 4.62. The Morgan fingerprint density at radius 3 is 2.44 bits per heavy atom. The van der Waals surface area contributed by atoms with Crippen LogP contribution in [0.2, 0.25) is 0 Å².